The van der Waals surface area contributed by atoms with Crippen LogP contribution in [0.15, 0.2) is 42.5 Å². The first-order valence-corrected chi connectivity index (χ1v) is 8.20. The second-order valence-electron chi connectivity index (χ2n) is 6.23. The minimum Gasteiger partial charge on any atom is -0.326 e. The van der Waals surface area contributed by atoms with Crippen LogP contribution in [-0.4, -0.2) is 26.9 Å². The van der Waals surface area contributed by atoms with Gasteiger partial charge in [-0.05, 0) is 30.3 Å². The molecule has 0 saturated carbocycles. The summed E-state index contributed by atoms with van der Waals surface area (Å²) in [6, 6.07) is 10.8. The second kappa shape index (κ2) is 7.24. The van der Waals surface area contributed by atoms with Crippen LogP contribution in [0.5, 0.6) is 0 Å². The molecular weight excluding hydrogens is 350 g/mol. The summed E-state index contributed by atoms with van der Waals surface area (Å²) in [6.45, 7) is 3.59. The van der Waals surface area contributed by atoms with Gasteiger partial charge in [-0.3, -0.25) is 24.8 Å². The number of non-ortho nitro benzene ring substituents is 1. The van der Waals surface area contributed by atoms with Crippen molar-refractivity contribution >= 4 is 39.8 Å². The Kier molecular flexibility index (Phi) is 4.84. The number of fused-ring (bicyclic) bond motifs is 1. The molecule has 9 nitrogen and oxygen atoms in total. The number of nitrogens with one attached hydrogen (secondary N) is 3. The fourth-order valence-electron chi connectivity index (χ4n) is 2.40. The average Bonchev–Trinajstić information content (AvgIpc) is 3.06. The molecule has 0 aliphatic heterocycles. The lowest BCUT2D eigenvalue weighted by molar-refractivity contribution is -0.384. The van der Waals surface area contributed by atoms with Gasteiger partial charge in [0.2, 0.25) is 5.91 Å². The van der Waals surface area contributed by atoms with Gasteiger partial charge >= 0.3 is 0 Å². The number of aromatic amines is 1. The maximum Gasteiger partial charge on any atom is 0.276 e. The standard InChI is InChI=1S/C18H17N5O4/c1-10(2)17(24)19-11-3-5-12(6-4-11)20-18(25)16-14-9-13(23(26)27)7-8-15(14)21-22-16/h3-10H,1-2H3,(H,19,24)(H,20,25)(H,21,22). The Labute approximate surface area is 153 Å². The molecule has 1 aromatic heterocycles. The molecule has 0 aliphatic rings. The predicted molar refractivity (Wildman–Crippen MR) is 101 cm³/mol. The Balaban J connectivity index is 1.77. The molecule has 0 spiro atoms. The van der Waals surface area contributed by atoms with Crippen molar-refractivity contribution in [2.45, 2.75) is 13.8 Å². The number of hydrogen-bond donors (Lipinski definition) is 3. The first-order valence-electron chi connectivity index (χ1n) is 8.20. The van der Waals surface area contributed by atoms with E-state index in [2.05, 4.69) is 20.8 Å². The van der Waals surface area contributed by atoms with Gasteiger partial charge in [-0.1, -0.05) is 13.8 Å². The minimum absolute atomic E-state index is 0.0610. The number of benzene rings is 2. The van der Waals surface area contributed by atoms with E-state index in [0.29, 0.717) is 22.3 Å². The van der Waals surface area contributed by atoms with E-state index < -0.39 is 10.8 Å². The zero-order valence-electron chi connectivity index (χ0n) is 14.6. The lowest BCUT2D eigenvalue weighted by Gasteiger charge is -2.09. The summed E-state index contributed by atoms with van der Waals surface area (Å²) < 4.78 is 0. The van der Waals surface area contributed by atoms with E-state index in [1.54, 1.807) is 38.1 Å². The Morgan fingerprint density at radius 1 is 1.07 bits per heavy atom. The summed E-state index contributed by atoms with van der Waals surface area (Å²) in [7, 11) is 0. The van der Waals surface area contributed by atoms with E-state index >= 15 is 0 Å². The van der Waals surface area contributed by atoms with Gasteiger partial charge in [0, 0.05) is 34.8 Å². The van der Waals surface area contributed by atoms with Crippen LogP contribution in [-0.2, 0) is 4.79 Å². The van der Waals surface area contributed by atoms with Crippen LogP contribution in [0.2, 0.25) is 0 Å². The summed E-state index contributed by atoms with van der Waals surface area (Å²) >= 11 is 0. The van der Waals surface area contributed by atoms with E-state index in [0.717, 1.165) is 0 Å². The number of aromatic nitrogens is 2. The van der Waals surface area contributed by atoms with Crippen molar-refractivity contribution in [2.75, 3.05) is 10.6 Å². The van der Waals surface area contributed by atoms with Gasteiger partial charge < -0.3 is 10.6 Å². The van der Waals surface area contributed by atoms with Gasteiger partial charge in [-0.15, -0.1) is 0 Å². The number of nitrogens with zero attached hydrogens (tertiary/aromatic N) is 2. The molecule has 138 valence electrons. The zero-order valence-corrected chi connectivity index (χ0v) is 14.6. The minimum atomic E-state index is -0.529. The van der Waals surface area contributed by atoms with Crippen LogP contribution in [0, 0.1) is 16.0 Å². The van der Waals surface area contributed by atoms with Crippen LogP contribution in [0.1, 0.15) is 24.3 Å². The Bertz CT molecular complexity index is 1020. The second-order valence-corrected chi connectivity index (χ2v) is 6.23. The number of nitro benzene ring substituents is 1. The molecule has 1 heterocycles. The molecule has 0 aliphatic carbocycles. The summed E-state index contributed by atoms with van der Waals surface area (Å²) in [6.07, 6.45) is 0. The number of H-pyrrole nitrogens is 1. The van der Waals surface area contributed by atoms with Crippen molar-refractivity contribution in [1.29, 1.82) is 0 Å². The van der Waals surface area contributed by atoms with E-state index in [1.807, 2.05) is 0 Å². The van der Waals surface area contributed by atoms with E-state index in [4.69, 9.17) is 0 Å². The molecule has 3 aromatic rings. The Morgan fingerprint density at radius 2 is 1.70 bits per heavy atom. The highest BCUT2D eigenvalue weighted by Crippen LogP contribution is 2.23. The highest BCUT2D eigenvalue weighted by atomic mass is 16.6. The van der Waals surface area contributed by atoms with Crippen molar-refractivity contribution in [1.82, 2.24) is 10.2 Å². The van der Waals surface area contributed by atoms with Gasteiger partial charge in [0.1, 0.15) is 0 Å². The summed E-state index contributed by atoms with van der Waals surface area (Å²) in [5.74, 6) is -0.738. The maximum absolute atomic E-state index is 12.5. The van der Waals surface area contributed by atoms with Gasteiger partial charge in [0.15, 0.2) is 5.69 Å². The number of carbonyl (C=O) groups excluding carboxylic acids is 2. The van der Waals surface area contributed by atoms with Crippen molar-refractivity contribution < 1.29 is 14.5 Å². The smallest absolute Gasteiger partial charge is 0.276 e. The summed E-state index contributed by atoms with van der Waals surface area (Å²) in [4.78, 5) is 34.6. The topological polar surface area (TPSA) is 130 Å². The lowest BCUT2D eigenvalue weighted by Crippen LogP contribution is -2.17. The average molecular weight is 367 g/mol. The number of amides is 2. The molecular formula is C18H17N5O4. The van der Waals surface area contributed by atoms with Crippen molar-refractivity contribution in [2.24, 2.45) is 5.92 Å². The molecule has 3 N–H and O–H groups in total. The first-order chi connectivity index (χ1) is 12.8. The summed E-state index contributed by atoms with van der Waals surface area (Å²) in [5, 5.41) is 23.4. The molecule has 0 fully saturated rings. The van der Waals surface area contributed by atoms with Gasteiger partial charge in [0.05, 0.1) is 10.4 Å². The first kappa shape index (κ1) is 18.1. The third-order valence-electron chi connectivity index (χ3n) is 3.91. The molecule has 9 heteroatoms. The quantitative estimate of drug-likeness (QED) is 0.470. The number of hydrogen-bond acceptors (Lipinski definition) is 5. The van der Waals surface area contributed by atoms with Crippen molar-refractivity contribution in [3.05, 3.63) is 58.3 Å². The SMILES string of the molecule is CC(C)C(=O)Nc1ccc(NC(=O)c2n[nH]c3ccc([N+](=O)[O-])cc23)cc1. The molecule has 0 bridgehead atoms. The number of nitro groups is 1. The monoisotopic (exact) mass is 367 g/mol. The van der Waals surface area contributed by atoms with E-state index in [9.17, 15) is 19.7 Å². The fourth-order valence-corrected chi connectivity index (χ4v) is 2.40. The molecule has 0 unspecified atom stereocenters. The molecule has 0 atom stereocenters. The van der Waals surface area contributed by atoms with Crippen LogP contribution in [0.25, 0.3) is 10.9 Å². The summed E-state index contributed by atoms with van der Waals surface area (Å²) in [5.41, 5.74) is 1.59. The van der Waals surface area contributed by atoms with E-state index in [-0.39, 0.29) is 23.2 Å². The van der Waals surface area contributed by atoms with Gasteiger partial charge in [-0.25, -0.2) is 0 Å². The molecule has 27 heavy (non-hydrogen) atoms. The Morgan fingerprint density at radius 3 is 2.30 bits per heavy atom. The molecule has 3 rings (SSSR count). The highest BCUT2D eigenvalue weighted by Gasteiger charge is 2.17. The molecule has 2 aromatic carbocycles. The third-order valence-corrected chi connectivity index (χ3v) is 3.91. The van der Waals surface area contributed by atoms with Gasteiger partial charge in [-0.2, -0.15) is 5.10 Å². The van der Waals surface area contributed by atoms with Crippen molar-refractivity contribution in [3.63, 3.8) is 0 Å². The zero-order chi connectivity index (χ0) is 19.6. The normalized spacial score (nSPS) is 10.8. The van der Waals surface area contributed by atoms with E-state index in [1.165, 1.54) is 18.2 Å². The molecule has 2 amide bonds. The van der Waals surface area contributed by atoms with Crippen LogP contribution in [0.4, 0.5) is 17.1 Å². The largest absolute Gasteiger partial charge is 0.326 e. The fraction of sp³-hybridized carbons (Fsp3) is 0.167. The lowest BCUT2D eigenvalue weighted by atomic mass is 10.1. The van der Waals surface area contributed by atoms with Crippen LogP contribution < -0.4 is 10.6 Å². The predicted octanol–water partition coefficient (Wildman–Crippen LogP) is 3.32. The van der Waals surface area contributed by atoms with Crippen LogP contribution >= 0.6 is 0 Å². The maximum atomic E-state index is 12.5. The number of anilines is 2. The molecule has 0 radical (unpaired) electrons. The third kappa shape index (κ3) is 3.92. The Hall–Kier alpha value is -3.75. The van der Waals surface area contributed by atoms with Crippen molar-refractivity contribution in [3.8, 4) is 0 Å². The number of rotatable bonds is 5. The molecule has 0 saturated heterocycles. The van der Waals surface area contributed by atoms with Gasteiger partial charge in [0.25, 0.3) is 11.6 Å². The van der Waals surface area contributed by atoms with Crippen LogP contribution in [0.3, 0.4) is 0 Å². The highest BCUT2D eigenvalue weighted by molar-refractivity contribution is 6.11. The number of carbonyl (C=O) groups is 2.